The van der Waals surface area contributed by atoms with Gasteiger partial charge < -0.3 is 9.47 Å². The number of halogens is 30. The van der Waals surface area contributed by atoms with E-state index in [2.05, 4.69) is 9.47 Å². The van der Waals surface area contributed by atoms with Crippen LogP contribution in [-0.4, -0.2) is 109 Å². The van der Waals surface area contributed by atoms with Crippen molar-refractivity contribution in [1.82, 2.24) is 0 Å². The van der Waals surface area contributed by atoms with Gasteiger partial charge in [-0.15, -0.1) is 0 Å². The monoisotopic (exact) mass is 960 g/mol. The largest absolute Gasteiger partial charge is 0.462 e. The molecule has 0 saturated carbocycles. The third-order valence-electron chi connectivity index (χ3n) is 6.77. The molecule has 4 nitrogen and oxygen atoms in total. The van der Waals surface area contributed by atoms with Gasteiger partial charge >= 0.3 is 95.4 Å². The van der Waals surface area contributed by atoms with E-state index in [1.54, 1.807) is 0 Å². The zero-order valence-corrected chi connectivity index (χ0v) is 27.3. The van der Waals surface area contributed by atoms with Gasteiger partial charge in [0.1, 0.15) is 0 Å². The Morgan fingerprint density at radius 3 is 0.733 bits per heavy atom. The highest BCUT2D eigenvalue weighted by atomic mass is 19.4. The van der Waals surface area contributed by atoms with Gasteiger partial charge in [-0.1, -0.05) is 12.2 Å². The minimum atomic E-state index is -8.56. The Morgan fingerprint density at radius 1 is 0.317 bits per heavy atom. The second kappa shape index (κ2) is 16.7. The van der Waals surface area contributed by atoms with Gasteiger partial charge in [-0.25, -0.2) is 9.59 Å². The first kappa shape index (κ1) is 56.1. The van der Waals surface area contributed by atoms with Crippen LogP contribution in [0, 0.1) is 0 Å². The van der Waals surface area contributed by atoms with Crippen LogP contribution in [0.1, 0.15) is 12.8 Å². The molecule has 0 aromatic carbocycles. The minimum absolute atomic E-state index is 0.0563. The van der Waals surface area contributed by atoms with E-state index in [0.29, 0.717) is 0 Å². The second-order valence-electron chi connectivity index (χ2n) is 11.0. The summed E-state index contributed by atoms with van der Waals surface area (Å²) >= 11 is 0. The lowest BCUT2D eigenvalue weighted by atomic mass is 9.91. The van der Waals surface area contributed by atoms with E-state index in [1.807, 2.05) is 0 Å². The van der Waals surface area contributed by atoms with Gasteiger partial charge in [0.15, 0.2) is 0 Å². The van der Waals surface area contributed by atoms with E-state index >= 15 is 0 Å². The van der Waals surface area contributed by atoms with E-state index in [-0.39, 0.29) is 12.2 Å². The molecule has 0 aromatic rings. The third kappa shape index (κ3) is 9.43. The Labute approximate surface area is 309 Å². The van der Waals surface area contributed by atoms with Crippen LogP contribution in [0.15, 0.2) is 36.5 Å². The molecular formula is C26H14F30O4. The first-order valence-electron chi connectivity index (χ1n) is 14.0. The SMILES string of the molecule is O=C(C=CC(=O)OCCC=CC(F)(F)C(F)(F)C(F)(F)C(F)(F)C(F)(F)C(F)(F)C(F)(F)F)OCCC=CC(F)(F)C(F)(F)C(F)(F)C(F)(F)C(F)(F)C(F)(F)C(F)(F)F. The molecule has 352 valence electrons. The number of carbonyl (C=O) groups excluding carboxylic acids is 2. The fourth-order valence-corrected chi connectivity index (χ4v) is 3.32. The Morgan fingerprint density at radius 2 is 0.517 bits per heavy atom. The number of rotatable bonds is 20. The summed E-state index contributed by atoms with van der Waals surface area (Å²) in [6.07, 6.45) is -22.5. The summed E-state index contributed by atoms with van der Waals surface area (Å²) in [5.74, 6) is -100. The molecule has 0 unspecified atom stereocenters. The van der Waals surface area contributed by atoms with Crippen LogP contribution in [0.3, 0.4) is 0 Å². The van der Waals surface area contributed by atoms with Crippen molar-refractivity contribution in [2.75, 3.05) is 13.2 Å². The highest BCUT2D eigenvalue weighted by molar-refractivity contribution is 5.91. The summed E-state index contributed by atoms with van der Waals surface area (Å²) in [4.78, 5) is 22.8. The smallest absolute Gasteiger partial charge is 0.460 e. The maximum Gasteiger partial charge on any atom is 0.460 e. The molecule has 0 N–H and O–H groups in total. The normalized spacial score (nSPS) is 16.0. The number of allylic oxidation sites excluding steroid dienone is 2. The summed E-state index contributed by atoms with van der Waals surface area (Å²) in [5, 5.41) is 0. The lowest BCUT2D eigenvalue weighted by Gasteiger charge is -2.41. The number of ether oxygens (including phenoxy) is 2. The van der Waals surface area contributed by atoms with E-state index in [9.17, 15) is 141 Å². The number of carbonyl (C=O) groups is 2. The van der Waals surface area contributed by atoms with Crippen molar-refractivity contribution in [2.24, 2.45) is 0 Å². The van der Waals surface area contributed by atoms with E-state index < -0.39 is 146 Å². The van der Waals surface area contributed by atoms with Gasteiger partial charge in [-0.3, -0.25) is 0 Å². The number of alkyl halides is 30. The fraction of sp³-hybridized carbons (Fsp3) is 0.692. The van der Waals surface area contributed by atoms with Crippen molar-refractivity contribution >= 4 is 11.9 Å². The molecule has 0 spiro atoms. The number of hydrogen-bond acceptors (Lipinski definition) is 4. The zero-order valence-electron chi connectivity index (χ0n) is 27.3. The maximum absolute atomic E-state index is 13.7. The maximum atomic E-state index is 13.7. The molecule has 0 radical (unpaired) electrons. The van der Waals surface area contributed by atoms with Gasteiger partial charge in [0.05, 0.1) is 13.2 Å². The topological polar surface area (TPSA) is 52.6 Å². The van der Waals surface area contributed by atoms with E-state index in [4.69, 9.17) is 0 Å². The molecule has 0 rings (SSSR count). The van der Waals surface area contributed by atoms with Crippen LogP contribution in [0.4, 0.5) is 132 Å². The fourth-order valence-electron chi connectivity index (χ4n) is 3.32. The molecule has 34 heteroatoms. The van der Waals surface area contributed by atoms with Crippen LogP contribution < -0.4 is 0 Å². The summed E-state index contributed by atoms with van der Waals surface area (Å²) in [7, 11) is 0. The van der Waals surface area contributed by atoms with E-state index in [0.717, 1.165) is 0 Å². The Kier molecular flexibility index (Phi) is 15.6. The molecule has 0 aromatic heterocycles. The Bertz CT molecular complexity index is 1480. The first-order valence-corrected chi connectivity index (χ1v) is 14.0. The summed E-state index contributed by atoms with van der Waals surface area (Å²) in [6.45, 7) is -2.76. The lowest BCUT2D eigenvalue weighted by Crippen LogP contribution is -2.72. The van der Waals surface area contributed by atoms with Crippen molar-refractivity contribution in [1.29, 1.82) is 0 Å². The number of esters is 2. The first-order chi connectivity index (χ1) is 26.0. The van der Waals surface area contributed by atoms with Gasteiger partial charge in [-0.05, 0) is 25.0 Å². The molecular weight excluding hydrogens is 946 g/mol. The second-order valence-corrected chi connectivity index (χ2v) is 11.0. The van der Waals surface area contributed by atoms with Crippen molar-refractivity contribution in [3.63, 3.8) is 0 Å². The minimum Gasteiger partial charge on any atom is -0.462 e. The van der Waals surface area contributed by atoms with Crippen molar-refractivity contribution in [2.45, 2.75) is 96.3 Å². The summed E-state index contributed by atoms with van der Waals surface area (Å²) in [5.41, 5.74) is 0. The predicted molar refractivity (Wildman–Crippen MR) is 130 cm³/mol. The molecule has 0 aliphatic carbocycles. The van der Waals surface area contributed by atoms with Crippen molar-refractivity contribution < 1.29 is 151 Å². The number of hydrogen-bond donors (Lipinski definition) is 0. The van der Waals surface area contributed by atoms with Crippen LogP contribution >= 0.6 is 0 Å². The molecule has 0 aliphatic heterocycles. The lowest BCUT2D eigenvalue weighted by molar-refractivity contribution is -0.449. The molecule has 0 amide bonds. The Hall–Kier alpha value is -3.94. The average molecular weight is 960 g/mol. The molecule has 0 aliphatic rings. The Balaban J connectivity index is 5.48. The predicted octanol–water partition coefficient (Wildman–Crippen LogP) is 11.3. The van der Waals surface area contributed by atoms with Crippen LogP contribution in [0.25, 0.3) is 0 Å². The van der Waals surface area contributed by atoms with Crippen molar-refractivity contribution in [3.05, 3.63) is 36.5 Å². The molecule has 0 bridgehead atoms. The van der Waals surface area contributed by atoms with E-state index in [1.165, 1.54) is 0 Å². The van der Waals surface area contributed by atoms with Crippen LogP contribution in [0.5, 0.6) is 0 Å². The molecule has 0 atom stereocenters. The molecule has 0 heterocycles. The van der Waals surface area contributed by atoms with Crippen LogP contribution in [0.2, 0.25) is 0 Å². The van der Waals surface area contributed by atoms with Crippen molar-refractivity contribution in [3.8, 4) is 0 Å². The highest BCUT2D eigenvalue weighted by Crippen LogP contribution is 2.64. The standard InChI is InChI=1S/C26H14F30O4/c27-13(28,15(31,32)17(35,36)19(39,40)21(43,44)23(47,48)25(51,52)53)7-1-3-9-59-11(57)5-6-12(58)60-10-4-2-8-14(29,30)16(33,34)18(37,38)20(41,42)22(45,46)24(49,50)26(54,55)56/h1-2,5-8H,3-4,9-10H2. The quantitative estimate of drug-likeness (QED) is 0.0401. The summed E-state index contributed by atoms with van der Waals surface area (Å²) in [6, 6.07) is 0. The summed E-state index contributed by atoms with van der Waals surface area (Å²) < 4.78 is 403. The molecule has 60 heavy (non-hydrogen) atoms. The van der Waals surface area contributed by atoms with Gasteiger partial charge in [0, 0.05) is 12.2 Å². The zero-order chi connectivity index (χ0) is 48.6. The van der Waals surface area contributed by atoms with Gasteiger partial charge in [0.2, 0.25) is 0 Å². The molecule has 0 fully saturated rings. The third-order valence-corrected chi connectivity index (χ3v) is 6.77. The van der Waals surface area contributed by atoms with Gasteiger partial charge in [0.25, 0.3) is 0 Å². The van der Waals surface area contributed by atoms with Gasteiger partial charge in [-0.2, -0.15) is 132 Å². The average Bonchev–Trinajstić information content (AvgIpc) is 3.04. The van der Waals surface area contributed by atoms with Crippen LogP contribution in [-0.2, 0) is 19.1 Å². The molecule has 0 saturated heterocycles. The highest BCUT2D eigenvalue weighted by Gasteiger charge is 2.94.